The molecule has 0 spiro atoms. The van der Waals surface area contributed by atoms with Crippen LogP contribution in [0.1, 0.15) is 15.9 Å². The summed E-state index contributed by atoms with van der Waals surface area (Å²) in [4.78, 5) is 22.7. The van der Waals surface area contributed by atoms with Gasteiger partial charge in [-0.2, -0.15) is 5.10 Å². The Kier molecular flexibility index (Phi) is 7.87. The van der Waals surface area contributed by atoms with Crippen LogP contribution in [0.3, 0.4) is 0 Å². The summed E-state index contributed by atoms with van der Waals surface area (Å²) in [6.45, 7) is -0.513. The topological polar surface area (TPSA) is 97.2 Å². The maximum Gasteiger partial charge on any atom is 0.341 e. The molecule has 0 radical (unpaired) electrons. The van der Waals surface area contributed by atoms with Crippen molar-refractivity contribution < 1.29 is 24.2 Å². The molecule has 0 saturated carbocycles. The van der Waals surface area contributed by atoms with Gasteiger partial charge in [0.1, 0.15) is 5.75 Å². The Hall–Kier alpha value is -1.85. The smallest absolute Gasteiger partial charge is 0.341 e. The molecule has 27 heavy (non-hydrogen) atoms. The van der Waals surface area contributed by atoms with Crippen LogP contribution >= 0.6 is 50.1 Å². The monoisotopic (exact) mass is 566 g/mol. The normalized spacial score (nSPS) is 10.7. The van der Waals surface area contributed by atoms with Crippen LogP contribution in [0.2, 0.25) is 5.02 Å². The number of nitrogens with zero attached hydrogens (tertiary/aromatic N) is 1. The number of hydrazone groups is 1. The first kappa shape index (κ1) is 21.5. The van der Waals surface area contributed by atoms with E-state index >= 15 is 0 Å². The zero-order valence-corrected chi connectivity index (χ0v) is 18.3. The Morgan fingerprint density at radius 2 is 2.11 bits per heavy atom. The lowest BCUT2D eigenvalue weighted by Crippen LogP contribution is -2.17. The molecule has 0 aliphatic carbocycles. The summed E-state index contributed by atoms with van der Waals surface area (Å²) in [6.07, 6.45) is 1.40. The van der Waals surface area contributed by atoms with E-state index in [1.165, 1.54) is 19.4 Å². The first-order valence-corrected chi connectivity index (χ1v) is 9.57. The van der Waals surface area contributed by atoms with Gasteiger partial charge in [0.15, 0.2) is 12.4 Å². The number of ether oxygens (including phenoxy) is 2. The van der Waals surface area contributed by atoms with Crippen molar-refractivity contribution in [1.82, 2.24) is 5.43 Å². The fourth-order valence-corrected chi connectivity index (χ4v) is 3.50. The number of carboxylic acids is 1. The molecule has 0 heterocycles. The zero-order valence-electron chi connectivity index (χ0n) is 13.8. The average Bonchev–Trinajstić information content (AvgIpc) is 2.61. The van der Waals surface area contributed by atoms with Crippen LogP contribution in [0.4, 0.5) is 0 Å². The van der Waals surface area contributed by atoms with Crippen LogP contribution in [0.15, 0.2) is 39.9 Å². The van der Waals surface area contributed by atoms with Gasteiger partial charge in [-0.3, -0.25) is 4.79 Å². The van der Waals surface area contributed by atoms with Crippen molar-refractivity contribution in [2.24, 2.45) is 5.10 Å². The van der Waals surface area contributed by atoms with Crippen molar-refractivity contribution in [2.45, 2.75) is 0 Å². The summed E-state index contributed by atoms with van der Waals surface area (Å²) in [6, 6.07) is 8.22. The lowest BCUT2D eigenvalue weighted by Gasteiger charge is -2.09. The van der Waals surface area contributed by atoms with Crippen molar-refractivity contribution in [3.63, 3.8) is 0 Å². The quantitative estimate of drug-likeness (QED) is 0.300. The molecule has 2 aromatic carbocycles. The molecule has 10 heteroatoms. The van der Waals surface area contributed by atoms with Gasteiger partial charge in [-0.05, 0) is 74.4 Å². The third-order valence-corrected chi connectivity index (χ3v) is 4.91. The maximum absolute atomic E-state index is 12.2. The van der Waals surface area contributed by atoms with Gasteiger partial charge in [-0.1, -0.05) is 11.6 Å². The number of benzene rings is 2. The Morgan fingerprint density at radius 3 is 2.74 bits per heavy atom. The number of aliphatic carboxylic acids is 1. The van der Waals surface area contributed by atoms with Gasteiger partial charge in [-0.25, -0.2) is 10.2 Å². The van der Waals surface area contributed by atoms with E-state index < -0.39 is 18.5 Å². The van der Waals surface area contributed by atoms with E-state index in [0.717, 1.165) is 3.57 Å². The van der Waals surface area contributed by atoms with Gasteiger partial charge >= 0.3 is 5.97 Å². The fourth-order valence-electron chi connectivity index (χ4n) is 1.96. The predicted octanol–water partition coefficient (Wildman–Crippen LogP) is 3.94. The molecule has 0 fully saturated rings. The molecule has 0 atom stereocenters. The number of nitrogens with one attached hydrogen (secondary N) is 1. The number of hydrogen-bond donors (Lipinski definition) is 2. The number of carboxylic acid groups (broad SMARTS) is 1. The highest BCUT2D eigenvalue weighted by molar-refractivity contribution is 14.1. The van der Waals surface area contributed by atoms with Crippen molar-refractivity contribution in [2.75, 3.05) is 13.7 Å². The minimum absolute atomic E-state index is 0.209. The van der Waals surface area contributed by atoms with Gasteiger partial charge in [0.2, 0.25) is 0 Å². The van der Waals surface area contributed by atoms with Gasteiger partial charge in [0.25, 0.3) is 5.91 Å². The van der Waals surface area contributed by atoms with Gasteiger partial charge in [0, 0.05) is 5.56 Å². The summed E-state index contributed by atoms with van der Waals surface area (Å²) >= 11 is 11.5. The summed E-state index contributed by atoms with van der Waals surface area (Å²) < 4.78 is 11.7. The summed E-state index contributed by atoms with van der Waals surface area (Å²) in [7, 11) is 1.53. The van der Waals surface area contributed by atoms with Gasteiger partial charge in [-0.15, -0.1) is 0 Å². The lowest BCUT2D eigenvalue weighted by molar-refractivity contribution is -0.139. The highest BCUT2D eigenvalue weighted by Crippen LogP contribution is 2.34. The Bertz CT molecular complexity index is 884. The second-order valence-corrected chi connectivity index (χ2v) is 7.47. The van der Waals surface area contributed by atoms with Gasteiger partial charge in [0.05, 0.1) is 26.4 Å². The Morgan fingerprint density at radius 1 is 1.37 bits per heavy atom. The molecular formula is C17H13BrClIN2O5. The fraction of sp³-hybridized carbons (Fsp3) is 0.118. The number of hydrogen-bond acceptors (Lipinski definition) is 5. The third kappa shape index (κ3) is 6.08. The molecule has 2 rings (SSSR count). The third-order valence-electron chi connectivity index (χ3n) is 3.15. The average molecular weight is 568 g/mol. The van der Waals surface area contributed by atoms with Crippen molar-refractivity contribution in [3.8, 4) is 11.5 Å². The number of halogens is 3. The van der Waals surface area contributed by atoms with Crippen LogP contribution in [0.5, 0.6) is 11.5 Å². The minimum atomic E-state index is -1.11. The van der Waals surface area contributed by atoms with E-state index in [2.05, 4.69) is 49.0 Å². The molecule has 2 N–H and O–H groups in total. The summed E-state index contributed by atoms with van der Waals surface area (Å²) in [5, 5.41) is 12.8. The van der Waals surface area contributed by atoms with E-state index in [-0.39, 0.29) is 10.8 Å². The zero-order chi connectivity index (χ0) is 20.0. The molecule has 0 aromatic heterocycles. The summed E-state index contributed by atoms with van der Waals surface area (Å²) in [5.74, 6) is -0.697. The van der Waals surface area contributed by atoms with Crippen LogP contribution in [0.25, 0.3) is 0 Å². The molecule has 0 aliphatic heterocycles. The molecule has 0 bridgehead atoms. The molecule has 142 valence electrons. The first-order valence-electron chi connectivity index (χ1n) is 7.32. The molecule has 1 amide bonds. The van der Waals surface area contributed by atoms with Crippen molar-refractivity contribution in [3.05, 3.63) is 54.5 Å². The highest BCUT2D eigenvalue weighted by atomic mass is 127. The predicted molar refractivity (Wildman–Crippen MR) is 113 cm³/mol. The van der Waals surface area contributed by atoms with Crippen LogP contribution in [-0.4, -0.2) is 36.9 Å². The number of amides is 1. The second-order valence-electron chi connectivity index (χ2n) is 5.04. The van der Waals surface area contributed by atoms with Gasteiger partial charge < -0.3 is 14.6 Å². The minimum Gasteiger partial charge on any atom is -0.496 e. The Balaban J connectivity index is 2.07. The summed E-state index contributed by atoms with van der Waals surface area (Å²) in [5.41, 5.74) is 3.40. The number of carbonyl (C=O) groups is 2. The van der Waals surface area contributed by atoms with E-state index in [1.807, 2.05) is 0 Å². The van der Waals surface area contributed by atoms with Crippen LogP contribution < -0.4 is 14.9 Å². The van der Waals surface area contributed by atoms with Crippen LogP contribution in [0, 0.1) is 3.57 Å². The van der Waals surface area contributed by atoms with E-state index in [1.54, 1.807) is 24.3 Å². The van der Waals surface area contributed by atoms with Crippen LogP contribution in [-0.2, 0) is 4.79 Å². The standard InChI is InChI=1S/C17H13BrClIN2O5/c1-26-14-6-10(2-3-13(14)20)17(25)22-21-7-9-4-11(18)16(12(19)5-9)27-8-15(23)24/h2-7H,8H2,1H3,(H,22,25)(H,23,24)/b21-7-. The van der Waals surface area contributed by atoms with Crippen molar-refractivity contribution in [1.29, 1.82) is 0 Å². The molecule has 0 saturated heterocycles. The number of carbonyl (C=O) groups excluding carboxylic acids is 1. The van der Waals surface area contributed by atoms with Crippen molar-refractivity contribution >= 4 is 68.2 Å². The molecule has 2 aromatic rings. The Labute approximate surface area is 182 Å². The first-order chi connectivity index (χ1) is 12.8. The number of methoxy groups -OCH3 is 1. The SMILES string of the molecule is COc1cc(C(=O)N/N=C\c2cc(Cl)c(OCC(=O)O)c(Br)c2)ccc1I. The highest BCUT2D eigenvalue weighted by Gasteiger charge is 2.11. The molecular weight excluding hydrogens is 554 g/mol. The largest absolute Gasteiger partial charge is 0.496 e. The maximum atomic E-state index is 12.2. The molecule has 0 aliphatic rings. The van der Waals surface area contributed by atoms with E-state index in [9.17, 15) is 9.59 Å². The number of rotatable bonds is 7. The lowest BCUT2D eigenvalue weighted by atomic mass is 10.2. The van der Waals surface area contributed by atoms with E-state index in [0.29, 0.717) is 21.3 Å². The molecule has 0 unspecified atom stereocenters. The molecule has 7 nitrogen and oxygen atoms in total. The second kappa shape index (κ2) is 9.90. The van der Waals surface area contributed by atoms with E-state index in [4.69, 9.17) is 26.2 Å².